The molecule has 1 fully saturated rings. The van der Waals surface area contributed by atoms with Crippen LogP contribution in [0.5, 0.6) is 5.75 Å². The molecule has 1 aromatic rings. The number of hydrogen-bond acceptors (Lipinski definition) is 4. The van der Waals surface area contributed by atoms with Crippen LogP contribution in [0.25, 0.3) is 0 Å². The van der Waals surface area contributed by atoms with Crippen molar-refractivity contribution in [2.45, 2.75) is 47.1 Å². The van der Waals surface area contributed by atoms with Crippen LogP contribution >= 0.6 is 0 Å². The summed E-state index contributed by atoms with van der Waals surface area (Å²) in [6.45, 7) is 12.3. The van der Waals surface area contributed by atoms with Crippen molar-refractivity contribution in [2.24, 2.45) is 16.8 Å². The van der Waals surface area contributed by atoms with Crippen LogP contribution in [-0.2, 0) is 16.6 Å². The summed E-state index contributed by atoms with van der Waals surface area (Å²) in [7, 11) is -3.11. The molecule has 30 heavy (non-hydrogen) atoms. The zero-order valence-corrected chi connectivity index (χ0v) is 19.9. The van der Waals surface area contributed by atoms with Crippen molar-refractivity contribution in [1.29, 1.82) is 0 Å². The van der Waals surface area contributed by atoms with Crippen LogP contribution in [0.3, 0.4) is 0 Å². The third-order valence-electron chi connectivity index (χ3n) is 5.20. The number of sulfonamides is 1. The van der Waals surface area contributed by atoms with E-state index in [0.717, 1.165) is 36.7 Å². The minimum atomic E-state index is -3.11. The standard InChI is InChI=1S/C22H38N4O3S/c1-6-23-22(24-14-19-9-11-26(16-19)30(5,27)28)25-15-20-8-7-18(4)13-21(20)29-12-10-17(2)3/h7-8,13,17,19H,6,9-12,14-16H2,1-5H3,(H2,23,24,25). The summed E-state index contributed by atoms with van der Waals surface area (Å²) in [6.07, 6.45) is 3.16. The Bertz CT molecular complexity index is 809. The predicted molar refractivity (Wildman–Crippen MR) is 123 cm³/mol. The fourth-order valence-electron chi connectivity index (χ4n) is 3.34. The molecule has 7 nitrogen and oxygen atoms in total. The molecule has 1 saturated heterocycles. The molecule has 0 aromatic heterocycles. The number of aliphatic imine (C=N–C) groups is 1. The monoisotopic (exact) mass is 438 g/mol. The number of rotatable bonds is 10. The first-order valence-electron chi connectivity index (χ1n) is 10.9. The van der Waals surface area contributed by atoms with Gasteiger partial charge in [-0.05, 0) is 50.2 Å². The Hall–Kier alpha value is -1.80. The summed E-state index contributed by atoms with van der Waals surface area (Å²) < 4.78 is 31.0. The van der Waals surface area contributed by atoms with Crippen molar-refractivity contribution < 1.29 is 13.2 Å². The zero-order valence-electron chi connectivity index (χ0n) is 19.1. The Balaban J connectivity index is 1.97. The van der Waals surface area contributed by atoms with Crippen LogP contribution in [0.15, 0.2) is 23.2 Å². The molecule has 0 radical (unpaired) electrons. The highest BCUT2D eigenvalue weighted by Crippen LogP contribution is 2.22. The lowest BCUT2D eigenvalue weighted by Gasteiger charge is -2.17. The van der Waals surface area contributed by atoms with Crippen molar-refractivity contribution in [3.05, 3.63) is 29.3 Å². The normalized spacial score (nSPS) is 18.1. The van der Waals surface area contributed by atoms with Gasteiger partial charge in [0.05, 0.1) is 19.4 Å². The van der Waals surface area contributed by atoms with Crippen LogP contribution in [0.4, 0.5) is 0 Å². The van der Waals surface area contributed by atoms with Crippen molar-refractivity contribution in [2.75, 3.05) is 39.0 Å². The molecule has 0 spiro atoms. The maximum Gasteiger partial charge on any atom is 0.211 e. The SMILES string of the molecule is CCNC(=NCc1ccc(C)cc1OCCC(C)C)NCC1CCN(S(C)(=O)=O)C1. The summed E-state index contributed by atoms with van der Waals surface area (Å²) in [5.74, 6) is 2.53. The van der Waals surface area contributed by atoms with Gasteiger partial charge in [0.1, 0.15) is 5.75 Å². The first-order chi connectivity index (χ1) is 14.2. The lowest BCUT2D eigenvalue weighted by molar-refractivity contribution is 0.287. The smallest absolute Gasteiger partial charge is 0.211 e. The first-order valence-corrected chi connectivity index (χ1v) is 12.7. The van der Waals surface area contributed by atoms with E-state index in [0.29, 0.717) is 38.7 Å². The fraction of sp³-hybridized carbons (Fsp3) is 0.682. The highest BCUT2D eigenvalue weighted by Gasteiger charge is 2.28. The third kappa shape index (κ3) is 8.14. The molecular formula is C22H38N4O3S. The van der Waals surface area contributed by atoms with Gasteiger partial charge in [-0.2, -0.15) is 0 Å². The molecule has 8 heteroatoms. The molecular weight excluding hydrogens is 400 g/mol. The van der Waals surface area contributed by atoms with E-state index in [-0.39, 0.29) is 5.92 Å². The molecule has 2 rings (SSSR count). The molecule has 0 saturated carbocycles. The summed E-state index contributed by atoms with van der Waals surface area (Å²) in [5.41, 5.74) is 2.23. The van der Waals surface area contributed by atoms with Crippen LogP contribution in [0.1, 0.15) is 44.7 Å². The van der Waals surface area contributed by atoms with Gasteiger partial charge >= 0.3 is 0 Å². The second-order valence-electron chi connectivity index (χ2n) is 8.49. The van der Waals surface area contributed by atoms with E-state index in [2.05, 4.69) is 49.6 Å². The number of aryl methyl sites for hydroxylation is 1. The summed E-state index contributed by atoms with van der Waals surface area (Å²) >= 11 is 0. The molecule has 2 N–H and O–H groups in total. The molecule has 1 aliphatic heterocycles. The number of nitrogens with one attached hydrogen (secondary N) is 2. The van der Waals surface area contributed by atoms with E-state index in [1.54, 1.807) is 4.31 Å². The molecule has 0 amide bonds. The Morgan fingerprint density at radius 1 is 1.33 bits per heavy atom. The van der Waals surface area contributed by atoms with Gasteiger partial charge in [0.15, 0.2) is 5.96 Å². The van der Waals surface area contributed by atoms with Gasteiger partial charge in [0.2, 0.25) is 10.0 Å². The first kappa shape index (κ1) is 24.5. The summed E-state index contributed by atoms with van der Waals surface area (Å²) in [6, 6.07) is 6.23. The minimum Gasteiger partial charge on any atom is -0.493 e. The second-order valence-corrected chi connectivity index (χ2v) is 10.5. The minimum absolute atomic E-state index is 0.290. The fourth-order valence-corrected chi connectivity index (χ4v) is 4.26. The van der Waals surface area contributed by atoms with Gasteiger partial charge < -0.3 is 15.4 Å². The third-order valence-corrected chi connectivity index (χ3v) is 6.47. The maximum atomic E-state index is 11.7. The molecule has 1 aromatic carbocycles. The lowest BCUT2D eigenvalue weighted by atomic mass is 10.1. The van der Waals surface area contributed by atoms with Crippen LogP contribution in [0, 0.1) is 18.8 Å². The van der Waals surface area contributed by atoms with Crippen molar-refractivity contribution in [3.8, 4) is 5.75 Å². The van der Waals surface area contributed by atoms with Crippen LogP contribution in [-0.4, -0.2) is 57.7 Å². The summed E-state index contributed by atoms with van der Waals surface area (Å²) in [4.78, 5) is 4.73. The second kappa shape index (κ2) is 11.6. The van der Waals surface area contributed by atoms with Crippen molar-refractivity contribution >= 4 is 16.0 Å². The lowest BCUT2D eigenvalue weighted by Crippen LogP contribution is -2.40. The quantitative estimate of drug-likeness (QED) is 0.434. The number of ether oxygens (including phenoxy) is 1. The Morgan fingerprint density at radius 2 is 2.10 bits per heavy atom. The average Bonchev–Trinajstić information content (AvgIpc) is 3.14. The van der Waals surface area contributed by atoms with Gasteiger partial charge in [0, 0.05) is 31.7 Å². The van der Waals surface area contributed by atoms with Crippen molar-refractivity contribution in [1.82, 2.24) is 14.9 Å². The van der Waals surface area contributed by atoms with Crippen molar-refractivity contribution in [3.63, 3.8) is 0 Å². The van der Waals surface area contributed by atoms with Gasteiger partial charge in [0.25, 0.3) is 0 Å². The molecule has 1 aliphatic rings. The van der Waals surface area contributed by atoms with E-state index in [1.807, 2.05) is 6.92 Å². The number of hydrogen-bond donors (Lipinski definition) is 2. The highest BCUT2D eigenvalue weighted by atomic mass is 32.2. The van der Waals surface area contributed by atoms with Crippen LogP contribution < -0.4 is 15.4 Å². The number of nitrogens with zero attached hydrogens (tertiary/aromatic N) is 2. The molecule has 1 atom stereocenters. The molecule has 1 unspecified atom stereocenters. The van der Waals surface area contributed by atoms with E-state index in [4.69, 9.17) is 9.73 Å². The van der Waals surface area contributed by atoms with E-state index in [9.17, 15) is 8.42 Å². The molecule has 170 valence electrons. The predicted octanol–water partition coefficient (Wildman–Crippen LogP) is 2.76. The largest absolute Gasteiger partial charge is 0.493 e. The average molecular weight is 439 g/mol. The Kier molecular flexibility index (Phi) is 9.42. The molecule has 0 aliphatic carbocycles. The number of benzene rings is 1. The van der Waals surface area contributed by atoms with Crippen LogP contribution in [0.2, 0.25) is 0 Å². The highest BCUT2D eigenvalue weighted by molar-refractivity contribution is 7.88. The Morgan fingerprint density at radius 3 is 2.73 bits per heavy atom. The van der Waals surface area contributed by atoms with Gasteiger partial charge in [-0.3, -0.25) is 0 Å². The Labute approximate surface area is 182 Å². The zero-order chi connectivity index (χ0) is 22.1. The molecule has 0 bridgehead atoms. The number of guanidine groups is 1. The van der Waals surface area contributed by atoms with Gasteiger partial charge in [-0.25, -0.2) is 17.7 Å². The summed E-state index contributed by atoms with van der Waals surface area (Å²) in [5, 5.41) is 6.64. The topological polar surface area (TPSA) is 83.0 Å². The van der Waals surface area contributed by atoms with Gasteiger partial charge in [-0.1, -0.05) is 26.0 Å². The van der Waals surface area contributed by atoms with E-state index >= 15 is 0 Å². The van der Waals surface area contributed by atoms with Gasteiger partial charge in [-0.15, -0.1) is 0 Å². The van der Waals surface area contributed by atoms with E-state index in [1.165, 1.54) is 11.8 Å². The maximum absolute atomic E-state index is 11.7. The molecule has 1 heterocycles. The van der Waals surface area contributed by atoms with E-state index < -0.39 is 10.0 Å².